The standard InChI is InChI=1S/C22H26N2O3/c1-16-4-3-11-24(13-16)14-18-9-7-17(8-10-18)12-23-22(25)19-5-2-6-20-21(19)27-15-26-20/h2,5-10,16H,3-4,11-15H2,1H3,(H,23,25). The molecule has 0 aliphatic carbocycles. The topological polar surface area (TPSA) is 50.8 Å². The molecule has 4 rings (SSSR count). The highest BCUT2D eigenvalue weighted by Gasteiger charge is 2.21. The van der Waals surface area contributed by atoms with Gasteiger partial charge in [0.25, 0.3) is 5.91 Å². The number of carbonyl (C=O) groups excluding carboxylic acids is 1. The number of carbonyl (C=O) groups is 1. The normalized spacial score (nSPS) is 19.1. The van der Waals surface area contributed by atoms with Crippen LogP contribution in [-0.4, -0.2) is 30.7 Å². The lowest BCUT2D eigenvalue weighted by atomic mass is 9.99. The Morgan fingerprint density at radius 2 is 1.96 bits per heavy atom. The van der Waals surface area contributed by atoms with Gasteiger partial charge in [-0.15, -0.1) is 0 Å². The fraction of sp³-hybridized carbons (Fsp3) is 0.409. The van der Waals surface area contributed by atoms with Gasteiger partial charge in [0.15, 0.2) is 11.5 Å². The monoisotopic (exact) mass is 366 g/mol. The summed E-state index contributed by atoms with van der Waals surface area (Å²) in [6, 6.07) is 13.9. The summed E-state index contributed by atoms with van der Waals surface area (Å²) in [5.41, 5.74) is 2.93. The molecule has 1 unspecified atom stereocenters. The predicted molar refractivity (Wildman–Crippen MR) is 104 cm³/mol. The predicted octanol–water partition coefficient (Wildman–Crippen LogP) is 3.58. The number of para-hydroxylation sites is 1. The Bertz CT molecular complexity index is 804. The van der Waals surface area contributed by atoms with Crippen LogP contribution >= 0.6 is 0 Å². The van der Waals surface area contributed by atoms with Gasteiger partial charge < -0.3 is 14.8 Å². The van der Waals surface area contributed by atoms with Gasteiger partial charge in [0.05, 0.1) is 5.56 Å². The molecule has 2 aliphatic heterocycles. The Kier molecular flexibility index (Phi) is 5.30. The maximum Gasteiger partial charge on any atom is 0.255 e. The van der Waals surface area contributed by atoms with Crippen LogP contribution in [0.5, 0.6) is 11.5 Å². The minimum Gasteiger partial charge on any atom is -0.454 e. The number of nitrogens with one attached hydrogen (secondary N) is 1. The lowest BCUT2D eigenvalue weighted by Gasteiger charge is -2.30. The number of ether oxygens (including phenoxy) is 2. The molecular weight excluding hydrogens is 340 g/mol. The van der Waals surface area contributed by atoms with E-state index in [2.05, 4.69) is 41.4 Å². The van der Waals surface area contributed by atoms with Gasteiger partial charge in [0.2, 0.25) is 6.79 Å². The SMILES string of the molecule is CC1CCCN(Cc2ccc(CNC(=O)c3cccc4c3OCO4)cc2)C1. The first-order valence-corrected chi connectivity index (χ1v) is 9.66. The molecule has 27 heavy (non-hydrogen) atoms. The van der Waals surface area contributed by atoms with Gasteiger partial charge >= 0.3 is 0 Å². The van der Waals surface area contributed by atoms with Crippen molar-refractivity contribution in [3.05, 3.63) is 59.2 Å². The van der Waals surface area contributed by atoms with E-state index in [0.717, 1.165) is 18.0 Å². The van der Waals surface area contributed by atoms with E-state index >= 15 is 0 Å². The molecule has 0 radical (unpaired) electrons. The number of fused-ring (bicyclic) bond motifs is 1. The van der Waals surface area contributed by atoms with Crippen LogP contribution in [0, 0.1) is 5.92 Å². The first-order valence-electron chi connectivity index (χ1n) is 9.66. The van der Waals surface area contributed by atoms with E-state index < -0.39 is 0 Å². The van der Waals surface area contributed by atoms with Crippen molar-refractivity contribution in [2.75, 3.05) is 19.9 Å². The molecule has 0 spiro atoms. The number of rotatable bonds is 5. The van der Waals surface area contributed by atoms with Gasteiger partial charge in [-0.3, -0.25) is 9.69 Å². The van der Waals surface area contributed by atoms with Crippen molar-refractivity contribution >= 4 is 5.91 Å². The average molecular weight is 366 g/mol. The Hall–Kier alpha value is -2.53. The molecule has 2 aromatic carbocycles. The first-order chi connectivity index (χ1) is 13.2. The zero-order valence-electron chi connectivity index (χ0n) is 15.7. The Labute approximate surface area is 160 Å². The zero-order chi connectivity index (χ0) is 18.6. The van der Waals surface area contributed by atoms with Crippen molar-refractivity contribution in [3.8, 4) is 11.5 Å². The van der Waals surface area contributed by atoms with Crippen molar-refractivity contribution in [2.24, 2.45) is 5.92 Å². The molecule has 2 aliphatic rings. The number of hydrogen-bond acceptors (Lipinski definition) is 4. The van der Waals surface area contributed by atoms with E-state index in [1.807, 2.05) is 0 Å². The fourth-order valence-electron chi connectivity index (χ4n) is 3.84. The smallest absolute Gasteiger partial charge is 0.255 e. The summed E-state index contributed by atoms with van der Waals surface area (Å²) in [5.74, 6) is 1.80. The molecule has 1 N–H and O–H groups in total. The second kappa shape index (κ2) is 8.01. The Balaban J connectivity index is 1.32. The summed E-state index contributed by atoms with van der Waals surface area (Å²) in [4.78, 5) is 15.0. The highest BCUT2D eigenvalue weighted by molar-refractivity contribution is 5.97. The number of nitrogens with zero attached hydrogens (tertiary/aromatic N) is 1. The molecule has 5 nitrogen and oxygen atoms in total. The largest absolute Gasteiger partial charge is 0.454 e. The van der Waals surface area contributed by atoms with Gasteiger partial charge in [-0.1, -0.05) is 37.3 Å². The number of piperidine rings is 1. The van der Waals surface area contributed by atoms with Crippen molar-refractivity contribution in [1.82, 2.24) is 10.2 Å². The summed E-state index contributed by atoms with van der Waals surface area (Å²) in [7, 11) is 0. The average Bonchev–Trinajstić information content (AvgIpc) is 3.16. The van der Waals surface area contributed by atoms with E-state index in [0.29, 0.717) is 23.6 Å². The van der Waals surface area contributed by atoms with Crippen LogP contribution in [-0.2, 0) is 13.1 Å². The quantitative estimate of drug-likeness (QED) is 0.879. The highest BCUT2D eigenvalue weighted by atomic mass is 16.7. The van der Waals surface area contributed by atoms with Crippen LogP contribution in [0.3, 0.4) is 0 Å². The van der Waals surface area contributed by atoms with Gasteiger partial charge in [0, 0.05) is 19.6 Å². The third-order valence-electron chi connectivity index (χ3n) is 5.26. The third-order valence-corrected chi connectivity index (χ3v) is 5.26. The van der Waals surface area contributed by atoms with Crippen LogP contribution in [0.15, 0.2) is 42.5 Å². The molecule has 2 heterocycles. The third kappa shape index (κ3) is 4.25. The fourth-order valence-corrected chi connectivity index (χ4v) is 3.84. The Morgan fingerprint density at radius 3 is 2.78 bits per heavy atom. The Morgan fingerprint density at radius 1 is 1.15 bits per heavy atom. The van der Waals surface area contributed by atoms with Gasteiger partial charge in [-0.05, 0) is 48.6 Å². The minimum absolute atomic E-state index is 0.149. The molecule has 0 bridgehead atoms. The summed E-state index contributed by atoms with van der Waals surface area (Å²) in [6.07, 6.45) is 2.64. The van der Waals surface area contributed by atoms with Crippen molar-refractivity contribution in [2.45, 2.75) is 32.9 Å². The maximum absolute atomic E-state index is 12.5. The van der Waals surface area contributed by atoms with Gasteiger partial charge in [-0.2, -0.15) is 0 Å². The summed E-state index contributed by atoms with van der Waals surface area (Å²) in [6.45, 7) is 6.36. The van der Waals surface area contributed by atoms with Crippen LogP contribution in [0.1, 0.15) is 41.3 Å². The van der Waals surface area contributed by atoms with Crippen LogP contribution in [0.4, 0.5) is 0 Å². The molecule has 1 amide bonds. The van der Waals surface area contributed by atoms with E-state index in [1.165, 1.54) is 31.5 Å². The van der Waals surface area contributed by atoms with Crippen molar-refractivity contribution in [1.29, 1.82) is 0 Å². The van der Waals surface area contributed by atoms with Gasteiger partial charge in [-0.25, -0.2) is 0 Å². The minimum atomic E-state index is -0.149. The molecular formula is C22H26N2O3. The number of benzene rings is 2. The lowest BCUT2D eigenvalue weighted by Crippen LogP contribution is -2.33. The van der Waals surface area contributed by atoms with Crippen LogP contribution in [0.2, 0.25) is 0 Å². The molecule has 0 saturated carbocycles. The molecule has 142 valence electrons. The molecule has 0 aromatic heterocycles. The van der Waals surface area contributed by atoms with Crippen LogP contribution < -0.4 is 14.8 Å². The lowest BCUT2D eigenvalue weighted by molar-refractivity contribution is 0.0946. The molecule has 1 fully saturated rings. The van der Waals surface area contributed by atoms with E-state index in [9.17, 15) is 4.79 Å². The number of hydrogen-bond donors (Lipinski definition) is 1. The highest BCUT2D eigenvalue weighted by Crippen LogP contribution is 2.35. The molecule has 2 aromatic rings. The molecule has 1 atom stereocenters. The van der Waals surface area contributed by atoms with Crippen molar-refractivity contribution in [3.63, 3.8) is 0 Å². The number of amides is 1. The second-order valence-electron chi connectivity index (χ2n) is 7.52. The van der Waals surface area contributed by atoms with E-state index in [4.69, 9.17) is 9.47 Å². The molecule has 5 heteroatoms. The number of likely N-dealkylation sites (tertiary alicyclic amines) is 1. The van der Waals surface area contributed by atoms with Gasteiger partial charge in [0.1, 0.15) is 0 Å². The van der Waals surface area contributed by atoms with E-state index in [-0.39, 0.29) is 12.7 Å². The first kappa shape index (κ1) is 17.9. The van der Waals surface area contributed by atoms with Crippen molar-refractivity contribution < 1.29 is 14.3 Å². The molecule has 1 saturated heterocycles. The summed E-state index contributed by atoms with van der Waals surface area (Å²) < 4.78 is 10.7. The zero-order valence-corrected chi connectivity index (χ0v) is 15.7. The second-order valence-corrected chi connectivity index (χ2v) is 7.52. The van der Waals surface area contributed by atoms with E-state index in [1.54, 1.807) is 18.2 Å². The maximum atomic E-state index is 12.5. The summed E-state index contributed by atoms with van der Waals surface area (Å²) >= 11 is 0. The summed E-state index contributed by atoms with van der Waals surface area (Å²) in [5, 5.41) is 2.97. The van der Waals surface area contributed by atoms with Crippen LogP contribution in [0.25, 0.3) is 0 Å².